The monoisotopic (exact) mass is 464 g/mol. The molecule has 0 saturated carbocycles. The molecule has 1 atom stereocenters. The first-order valence-corrected chi connectivity index (χ1v) is 11.9. The fourth-order valence-electron chi connectivity index (χ4n) is 4.50. The van der Waals surface area contributed by atoms with Crippen LogP contribution < -0.4 is 4.74 Å². The molecule has 2 saturated heterocycles. The van der Waals surface area contributed by atoms with Crippen molar-refractivity contribution in [1.82, 2.24) is 9.80 Å². The number of ketones is 1. The number of aliphatic hydroxyl groups is 1. The van der Waals surface area contributed by atoms with Gasteiger partial charge in [0, 0.05) is 31.7 Å². The number of benzene rings is 2. The van der Waals surface area contributed by atoms with E-state index in [1.54, 1.807) is 29.2 Å². The fourth-order valence-corrected chi connectivity index (χ4v) is 4.50. The first kappa shape index (κ1) is 24.0. The van der Waals surface area contributed by atoms with Gasteiger partial charge in [-0.05, 0) is 50.1 Å². The number of amides is 1. The molecule has 180 valence electrons. The van der Waals surface area contributed by atoms with Crippen LogP contribution in [0.25, 0.3) is 5.76 Å². The number of rotatable bonds is 8. The largest absolute Gasteiger partial charge is 0.507 e. The molecule has 2 heterocycles. The highest BCUT2D eigenvalue weighted by Gasteiger charge is 2.45. The molecule has 0 spiro atoms. The van der Waals surface area contributed by atoms with Gasteiger partial charge in [-0.1, -0.05) is 30.3 Å². The number of hydrogen-bond donors (Lipinski definition) is 1. The molecule has 1 amide bonds. The number of carbonyl (C=O) groups excluding carboxylic acids is 2. The topological polar surface area (TPSA) is 79.3 Å². The summed E-state index contributed by atoms with van der Waals surface area (Å²) in [4.78, 5) is 30.1. The predicted octanol–water partition coefficient (Wildman–Crippen LogP) is 3.62. The second kappa shape index (κ2) is 10.8. The van der Waals surface area contributed by atoms with E-state index in [0.29, 0.717) is 17.9 Å². The van der Waals surface area contributed by atoms with Crippen LogP contribution >= 0.6 is 0 Å². The number of carbonyl (C=O) groups is 2. The van der Waals surface area contributed by atoms with Crippen molar-refractivity contribution in [2.75, 3.05) is 39.4 Å². The number of aliphatic hydroxyl groups excluding tert-OH is 1. The van der Waals surface area contributed by atoms with Gasteiger partial charge in [0.1, 0.15) is 11.5 Å². The highest BCUT2D eigenvalue weighted by Crippen LogP contribution is 2.39. The van der Waals surface area contributed by atoms with Crippen LogP contribution in [-0.2, 0) is 14.3 Å². The van der Waals surface area contributed by atoms with Crippen molar-refractivity contribution in [2.45, 2.75) is 32.4 Å². The summed E-state index contributed by atoms with van der Waals surface area (Å²) in [6.07, 6.45) is 0.762. The van der Waals surface area contributed by atoms with Crippen LogP contribution in [0.2, 0.25) is 0 Å². The predicted molar refractivity (Wildman–Crippen MR) is 130 cm³/mol. The summed E-state index contributed by atoms with van der Waals surface area (Å²) < 4.78 is 11.1. The Morgan fingerprint density at radius 1 is 1.03 bits per heavy atom. The molecule has 0 radical (unpaired) electrons. The highest BCUT2D eigenvalue weighted by atomic mass is 16.5. The minimum absolute atomic E-state index is 0.0281. The Labute approximate surface area is 200 Å². The molecule has 7 heteroatoms. The van der Waals surface area contributed by atoms with Gasteiger partial charge < -0.3 is 19.5 Å². The highest BCUT2D eigenvalue weighted by molar-refractivity contribution is 6.46. The molecule has 1 unspecified atom stereocenters. The van der Waals surface area contributed by atoms with Gasteiger partial charge in [-0.15, -0.1) is 0 Å². The molecule has 34 heavy (non-hydrogen) atoms. The van der Waals surface area contributed by atoms with Gasteiger partial charge in [0.15, 0.2) is 0 Å². The summed E-state index contributed by atoms with van der Waals surface area (Å²) in [5.41, 5.74) is 1.40. The van der Waals surface area contributed by atoms with Crippen LogP contribution in [0.1, 0.15) is 37.4 Å². The first-order valence-electron chi connectivity index (χ1n) is 11.9. The van der Waals surface area contributed by atoms with Crippen molar-refractivity contribution in [3.63, 3.8) is 0 Å². The van der Waals surface area contributed by atoms with E-state index in [4.69, 9.17) is 9.47 Å². The van der Waals surface area contributed by atoms with E-state index in [1.165, 1.54) is 0 Å². The molecule has 0 aromatic heterocycles. The summed E-state index contributed by atoms with van der Waals surface area (Å²) in [5, 5.41) is 11.2. The smallest absolute Gasteiger partial charge is 0.295 e. The minimum Gasteiger partial charge on any atom is -0.507 e. The third-order valence-electron chi connectivity index (χ3n) is 6.13. The van der Waals surface area contributed by atoms with Crippen molar-refractivity contribution in [2.24, 2.45) is 0 Å². The van der Waals surface area contributed by atoms with Crippen molar-refractivity contribution in [3.05, 3.63) is 71.3 Å². The molecular formula is C27H32N2O5. The minimum atomic E-state index is -0.653. The maximum atomic E-state index is 13.1. The molecule has 2 aliphatic rings. The van der Waals surface area contributed by atoms with Gasteiger partial charge in [0.25, 0.3) is 11.7 Å². The van der Waals surface area contributed by atoms with Gasteiger partial charge in [-0.2, -0.15) is 0 Å². The summed E-state index contributed by atoms with van der Waals surface area (Å²) in [6.45, 7) is 8.31. The number of likely N-dealkylation sites (tertiary alicyclic amines) is 1. The lowest BCUT2D eigenvalue weighted by atomic mass is 9.95. The lowest BCUT2D eigenvalue weighted by molar-refractivity contribution is -0.140. The SMILES string of the molecule is CC(C)Oc1ccc(/C(O)=C2/C(=O)C(=O)N(CCCN3CCOCC3)C2c2ccccc2)cc1. The Bertz CT molecular complexity index is 1030. The van der Waals surface area contributed by atoms with Crippen LogP contribution in [0.5, 0.6) is 5.75 Å². The van der Waals surface area contributed by atoms with E-state index in [1.807, 2.05) is 44.2 Å². The third-order valence-corrected chi connectivity index (χ3v) is 6.13. The number of ether oxygens (including phenoxy) is 2. The number of Topliss-reactive ketones (excluding diaryl/α,β-unsaturated/α-hetero) is 1. The van der Waals surface area contributed by atoms with Crippen LogP contribution in [0, 0.1) is 0 Å². The van der Waals surface area contributed by atoms with Crippen molar-refractivity contribution in [1.29, 1.82) is 0 Å². The zero-order chi connectivity index (χ0) is 24.1. The first-order chi connectivity index (χ1) is 16.5. The quantitative estimate of drug-likeness (QED) is 0.365. The van der Waals surface area contributed by atoms with Crippen molar-refractivity contribution < 1.29 is 24.2 Å². The lowest BCUT2D eigenvalue weighted by Gasteiger charge is -2.29. The molecule has 2 fully saturated rings. The molecule has 7 nitrogen and oxygen atoms in total. The molecule has 1 N–H and O–H groups in total. The molecule has 2 aromatic carbocycles. The van der Waals surface area contributed by atoms with Gasteiger partial charge in [0.05, 0.1) is 30.9 Å². The molecule has 4 rings (SSSR count). The summed E-state index contributed by atoms with van der Waals surface area (Å²) >= 11 is 0. The molecule has 2 aromatic rings. The van der Waals surface area contributed by atoms with E-state index in [9.17, 15) is 14.7 Å². The normalized spacial score (nSPS) is 20.8. The number of morpholine rings is 1. The average Bonchev–Trinajstić information content (AvgIpc) is 3.10. The standard InChI is InChI=1S/C27H32N2O5/c1-19(2)34-22-11-9-21(10-12-22)25(30)23-24(20-7-4-3-5-8-20)29(27(32)26(23)31)14-6-13-28-15-17-33-18-16-28/h3-5,7-12,19,24,30H,6,13-18H2,1-2H3/b25-23-. The maximum absolute atomic E-state index is 13.1. The maximum Gasteiger partial charge on any atom is 0.295 e. The van der Waals surface area contributed by atoms with Crippen LogP contribution in [0.3, 0.4) is 0 Å². The summed E-state index contributed by atoms with van der Waals surface area (Å²) in [6, 6.07) is 15.7. The molecule has 0 bridgehead atoms. The van der Waals surface area contributed by atoms with E-state index in [2.05, 4.69) is 4.90 Å². The second-order valence-electron chi connectivity index (χ2n) is 8.90. The van der Waals surface area contributed by atoms with E-state index >= 15 is 0 Å². The molecule has 2 aliphatic heterocycles. The summed E-state index contributed by atoms with van der Waals surface area (Å²) in [5.74, 6) is -0.717. The van der Waals surface area contributed by atoms with E-state index < -0.39 is 17.7 Å². The Hall–Kier alpha value is -3.16. The number of hydrogen-bond acceptors (Lipinski definition) is 6. The Kier molecular flexibility index (Phi) is 7.65. The fraction of sp³-hybridized carbons (Fsp3) is 0.407. The van der Waals surface area contributed by atoms with Gasteiger partial charge >= 0.3 is 0 Å². The third kappa shape index (κ3) is 5.32. The molecular weight excluding hydrogens is 432 g/mol. The van der Waals surface area contributed by atoms with Gasteiger partial charge in [0.2, 0.25) is 0 Å². The van der Waals surface area contributed by atoms with E-state index in [-0.39, 0.29) is 17.4 Å². The zero-order valence-electron chi connectivity index (χ0n) is 19.8. The van der Waals surface area contributed by atoms with Crippen molar-refractivity contribution in [3.8, 4) is 5.75 Å². The number of nitrogens with zero attached hydrogens (tertiary/aromatic N) is 2. The average molecular weight is 465 g/mol. The van der Waals surface area contributed by atoms with Crippen LogP contribution in [-0.4, -0.2) is 72.1 Å². The van der Waals surface area contributed by atoms with Crippen LogP contribution in [0.4, 0.5) is 0 Å². The Morgan fingerprint density at radius 2 is 1.71 bits per heavy atom. The second-order valence-corrected chi connectivity index (χ2v) is 8.90. The Balaban J connectivity index is 1.62. The Morgan fingerprint density at radius 3 is 2.35 bits per heavy atom. The van der Waals surface area contributed by atoms with Gasteiger partial charge in [-0.3, -0.25) is 14.5 Å². The summed E-state index contributed by atoms with van der Waals surface area (Å²) in [7, 11) is 0. The van der Waals surface area contributed by atoms with E-state index in [0.717, 1.165) is 44.8 Å². The van der Waals surface area contributed by atoms with Crippen LogP contribution in [0.15, 0.2) is 60.2 Å². The zero-order valence-corrected chi connectivity index (χ0v) is 19.8. The lowest BCUT2D eigenvalue weighted by Crippen LogP contribution is -2.38. The van der Waals surface area contributed by atoms with Crippen molar-refractivity contribution >= 4 is 17.4 Å². The molecule has 0 aliphatic carbocycles. The van der Waals surface area contributed by atoms with Gasteiger partial charge in [-0.25, -0.2) is 0 Å².